The lowest BCUT2D eigenvalue weighted by atomic mass is 10.0. The van der Waals surface area contributed by atoms with Crippen LogP contribution in [0, 0.1) is 0 Å². The number of rotatable bonds is 10. The number of benzene rings is 1. The van der Waals surface area contributed by atoms with E-state index in [1.165, 1.54) is 12.4 Å². The average molecular weight is 595 g/mol. The van der Waals surface area contributed by atoms with E-state index in [1.807, 2.05) is 6.08 Å². The maximum absolute atomic E-state index is 13.2. The molecule has 0 aliphatic heterocycles. The number of hydrogen-bond donors (Lipinski definition) is 1. The number of carboxylic acids is 1. The number of carbonyl (C=O) groups is 1. The second-order valence-corrected chi connectivity index (χ2v) is 9.72. The van der Waals surface area contributed by atoms with E-state index in [0.717, 1.165) is 36.3 Å². The Bertz CT molecular complexity index is 1560. The highest BCUT2D eigenvalue weighted by atomic mass is 35.5. The molecule has 1 aliphatic rings. The topological polar surface area (TPSA) is 124 Å². The van der Waals surface area contributed by atoms with Gasteiger partial charge < -0.3 is 18.9 Å². The van der Waals surface area contributed by atoms with E-state index in [2.05, 4.69) is 20.3 Å². The van der Waals surface area contributed by atoms with Crippen LogP contribution in [0.2, 0.25) is 10.0 Å². The molecule has 208 valence electrons. The van der Waals surface area contributed by atoms with Crippen molar-refractivity contribution in [2.45, 2.75) is 31.4 Å². The fourth-order valence-electron chi connectivity index (χ4n) is 3.92. The molecule has 9 nitrogen and oxygen atoms in total. The summed E-state index contributed by atoms with van der Waals surface area (Å²) in [4.78, 5) is 19.3. The summed E-state index contributed by atoms with van der Waals surface area (Å²) in [5.41, 5.74) is -0.00715. The predicted octanol–water partition coefficient (Wildman–Crippen LogP) is 6.96. The number of pyridine rings is 1. The van der Waals surface area contributed by atoms with Crippen LogP contribution < -0.4 is 0 Å². The molecule has 14 heteroatoms. The van der Waals surface area contributed by atoms with Crippen molar-refractivity contribution in [2.24, 2.45) is 0 Å². The van der Waals surface area contributed by atoms with E-state index in [9.17, 15) is 18.0 Å². The summed E-state index contributed by atoms with van der Waals surface area (Å²) in [6, 6.07) is 2.36. The van der Waals surface area contributed by atoms with Crippen molar-refractivity contribution in [3.63, 3.8) is 0 Å². The second kappa shape index (κ2) is 11.4. The summed E-state index contributed by atoms with van der Waals surface area (Å²) < 4.78 is 55.9. The Hall–Kier alpha value is -3.74. The molecule has 4 aromatic rings. The van der Waals surface area contributed by atoms with E-state index in [4.69, 9.17) is 42.1 Å². The molecule has 0 saturated heterocycles. The normalized spacial score (nSPS) is 13.8. The summed E-state index contributed by atoms with van der Waals surface area (Å²) in [7, 11) is 0. The zero-order valence-electron chi connectivity index (χ0n) is 20.4. The van der Waals surface area contributed by atoms with Gasteiger partial charge in [-0.25, -0.2) is 4.79 Å². The molecule has 1 saturated carbocycles. The van der Waals surface area contributed by atoms with Gasteiger partial charge in [-0.15, -0.1) is 0 Å². The number of halogens is 5. The molecule has 0 unspecified atom stereocenters. The van der Waals surface area contributed by atoms with Crippen LogP contribution in [-0.2, 0) is 17.3 Å². The van der Waals surface area contributed by atoms with Crippen molar-refractivity contribution in [3.8, 4) is 22.6 Å². The molecule has 40 heavy (non-hydrogen) atoms. The third kappa shape index (κ3) is 6.19. The number of ether oxygens (including phenoxy) is 1. The van der Waals surface area contributed by atoms with E-state index < -0.39 is 23.3 Å². The fraction of sp³-hybridized carbons (Fsp3) is 0.269. The van der Waals surface area contributed by atoms with E-state index in [0.29, 0.717) is 27.4 Å². The maximum Gasteiger partial charge on any atom is 0.416 e. The van der Waals surface area contributed by atoms with Gasteiger partial charge in [0.05, 0.1) is 40.8 Å². The lowest BCUT2D eigenvalue weighted by molar-refractivity contribution is -0.137. The number of aromatic carboxylic acids is 1. The van der Waals surface area contributed by atoms with Crippen molar-refractivity contribution in [1.82, 2.24) is 20.3 Å². The highest BCUT2D eigenvalue weighted by Crippen LogP contribution is 2.46. The van der Waals surface area contributed by atoms with Gasteiger partial charge in [-0.05, 0) is 31.0 Å². The molecule has 1 aromatic carbocycles. The molecule has 1 fully saturated rings. The largest absolute Gasteiger partial charge is 0.478 e. The van der Waals surface area contributed by atoms with Crippen molar-refractivity contribution in [2.75, 3.05) is 13.2 Å². The minimum absolute atomic E-state index is 0.118. The van der Waals surface area contributed by atoms with Crippen LogP contribution in [0.5, 0.6) is 0 Å². The van der Waals surface area contributed by atoms with Crippen molar-refractivity contribution in [1.29, 1.82) is 0 Å². The van der Waals surface area contributed by atoms with Crippen LogP contribution in [0.4, 0.5) is 13.2 Å². The third-order valence-electron chi connectivity index (χ3n) is 5.99. The van der Waals surface area contributed by atoms with Crippen molar-refractivity contribution < 1.29 is 36.9 Å². The molecule has 1 aliphatic carbocycles. The maximum atomic E-state index is 13.2. The number of alkyl halides is 3. The molecule has 0 bridgehead atoms. The van der Waals surface area contributed by atoms with Gasteiger partial charge in [0.1, 0.15) is 11.5 Å². The van der Waals surface area contributed by atoms with Crippen LogP contribution in [0.3, 0.4) is 0 Å². The highest BCUT2D eigenvalue weighted by Gasteiger charge is 2.33. The Kier molecular flexibility index (Phi) is 7.92. The summed E-state index contributed by atoms with van der Waals surface area (Å²) in [5, 5.41) is 17.7. The van der Waals surface area contributed by atoms with Crippen LogP contribution >= 0.6 is 23.2 Å². The molecular formula is C26H19Cl2F3N4O5. The lowest BCUT2D eigenvalue weighted by Gasteiger charge is -2.09. The van der Waals surface area contributed by atoms with Crippen LogP contribution in [0.15, 0.2) is 45.7 Å². The number of nitrogens with zero attached hydrogens (tertiary/aromatic N) is 4. The summed E-state index contributed by atoms with van der Waals surface area (Å²) >= 11 is 12.6. The third-order valence-corrected chi connectivity index (χ3v) is 6.56. The van der Waals surface area contributed by atoms with Gasteiger partial charge in [-0.1, -0.05) is 45.7 Å². The Morgan fingerprint density at radius 2 is 1.88 bits per heavy atom. The molecule has 0 atom stereocenters. The quantitative estimate of drug-likeness (QED) is 0.194. The van der Waals surface area contributed by atoms with Gasteiger partial charge in [0.25, 0.3) is 0 Å². The van der Waals surface area contributed by atoms with Gasteiger partial charge in [0.15, 0.2) is 0 Å². The number of aromatic nitrogens is 4. The monoisotopic (exact) mass is 594 g/mol. The zero-order valence-corrected chi connectivity index (χ0v) is 21.9. The summed E-state index contributed by atoms with van der Waals surface area (Å²) in [5.74, 6) is -0.533. The van der Waals surface area contributed by atoms with Gasteiger partial charge in [0, 0.05) is 35.0 Å². The zero-order chi connectivity index (χ0) is 28.4. The minimum Gasteiger partial charge on any atom is -0.478 e. The first-order valence-electron chi connectivity index (χ1n) is 11.9. The molecule has 0 amide bonds. The Balaban J connectivity index is 1.22. The Labute approximate surface area is 234 Å². The molecule has 0 spiro atoms. The Morgan fingerprint density at radius 3 is 2.55 bits per heavy atom. The van der Waals surface area contributed by atoms with E-state index in [-0.39, 0.29) is 42.8 Å². The van der Waals surface area contributed by atoms with Crippen LogP contribution in [0.25, 0.3) is 28.7 Å². The highest BCUT2D eigenvalue weighted by molar-refractivity contribution is 6.39. The lowest BCUT2D eigenvalue weighted by Crippen LogP contribution is -2.08. The summed E-state index contributed by atoms with van der Waals surface area (Å²) in [6.07, 6.45) is 3.99. The standard InChI is InChI=1S/C26H19Cl2F3N4O5/c27-18-11-32-12-19(28)21(18)22-17(23(40-34-22)13-3-4-13)2-1-6-38-7-5-20-33-24(35-39-20)14-8-15(25(36)37)10-16(9-14)26(29,30)31/h1-2,8-13H,3-7H2,(H,36,37)/b2-1+. The predicted molar refractivity (Wildman–Crippen MR) is 137 cm³/mol. The second-order valence-electron chi connectivity index (χ2n) is 8.90. The fourth-order valence-corrected chi connectivity index (χ4v) is 4.47. The van der Waals surface area contributed by atoms with Gasteiger partial charge in [-0.3, -0.25) is 4.98 Å². The molecule has 5 rings (SSSR count). The van der Waals surface area contributed by atoms with Crippen molar-refractivity contribution in [3.05, 3.63) is 75.1 Å². The SMILES string of the molecule is O=C(O)c1cc(-c2noc(CCOC/C=C/c3c(-c4c(Cl)cncc4Cl)noc3C3CC3)n2)cc(C(F)(F)F)c1. The van der Waals surface area contributed by atoms with Gasteiger partial charge in [-0.2, -0.15) is 18.2 Å². The molecule has 3 heterocycles. The molecular weight excluding hydrogens is 576 g/mol. The van der Waals surface area contributed by atoms with E-state index in [1.54, 1.807) is 6.08 Å². The first-order valence-corrected chi connectivity index (χ1v) is 12.7. The van der Waals surface area contributed by atoms with Crippen LogP contribution in [0.1, 0.15) is 51.9 Å². The molecule has 1 N–H and O–H groups in total. The summed E-state index contributed by atoms with van der Waals surface area (Å²) in [6.45, 7) is 0.381. The number of carboxylic acid groups (broad SMARTS) is 1. The Morgan fingerprint density at radius 1 is 1.12 bits per heavy atom. The average Bonchev–Trinajstić information content (AvgIpc) is 3.49. The molecule has 0 radical (unpaired) electrons. The van der Waals surface area contributed by atoms with Crippen molar-refractivity contribution >= 4 is 35.2 Å². The number of hydrogen-bond acceptors (Lipinski definition) is 8. The minimum atomic E-state index is -4.74. The van der Waals surface area contributed by atoms with Gasteiger partial charge >= 0.3 is 12.1 Å². The molecule has 3 aromatic heterocycles. The van der Waals surface area contributed by atoms with Crippen LogP contribution in [-0.4, -0.2) is 44.6 Å². The van der Waals surface area contributed by atoms with E-state index >= 15 is 0 Å². The van der Waals surface area contributed by atoms with Gasteiger partial charge in [0.2, 0.25) is 11.7 Å². The first-order chi connectivity index (χ1) is 19.1. The smallest absolute Gasteiger partial charge is 0.416 e. The first kappa shape index (κ1) is 27.8.